The number of anilines is 1. The van der Waals surface area contributed by atoms with E-state index < -0.39 is 0 Å². The first-order valence-electron chi connectivity index (χ1n) is 12.0. The second kappa shape index (κ2) is 9.65. The minimum absolute atomic E-state index is 0.0988. The summed E-state index contributed by atoms with van der Waals surface area (Å²) < 4.78 is 0. The fourth-order valence-corrected chi connectivity index (χ4v) is 5.07. The molecule has 1 saturated heterocycles. The lowest BCUT2D eigenvalue weighted by atomic mass is 9.79. The second-order valence-corrected chi connectivity index (χ2v) is 10.1. The van der Waals surface area contributed by atoms with Gasteiger partial charge in [-0.15, -0.1) is 0 Å². The maximum absolute atomic E-state index is 13.1. The van der Waals surface area contributed by atoms with Gasteiger partial charge in [0.05, 0.1) is 0 Å². The maximum atomic E-state index is 13.1. The number of nitrogens with zero attached hydrogens (tertiary/aromatic N) is 1. The number of carbonyl (C=O) groups is 2. The molecule has 4 rings (SSSR count). The van der Waals surface area contributed by atoms with Crippen LogP contribution >= 0.6 is 0 Å². The van der Waals surface area contributed by atoms with Gasteiger partial charge in [0.2, 0.25) is 11.8 Å². The highest BCUT2D eigenvalue weighted by Crippen LogP contribution is 2.34. The lowest BCUT2D eigenvalue weighted by Crippen LogP contribution is -2.47. The minimum atomic E-state index is -0.343. The Morgan fingerprint density at radius 1 is 1.06 bits per heavy atom. The normalized spacial score (nSPS) is 20.2. The molecule has 1 unspecified atom stereocenters. The molecule has 176 valence electrons. The quantitative estimate of drug-likeness (QED) is 0.466. The van der Waals surface area contributed by atoms with E-state index >= 15 is 0 Å². The van der Waals surface area contributed by atoms with Crippen molar-refractivity contribution >= 4 is 17.5 Å². The van der Waals surface area contributed by atoms with Gasteiger partial charge in [-0.1, -0.05) is 37.3 Å². The lowest BCUT2D eigenvalue weighted by Gasteiger charge is -2.40. The molecule has 1 aliphatic heterocycles. The molecular weight excluding hydrogens is 414 g/mol. The first-order valence-corrected chi connectivity index (χ1v) is 12.0. The van der Waals surface area contributed by atoms with E-state index in [1.807, 2.05) is 18.2 Å². The molecule has 3 N–H and O–H groups in total. The minimum Gasteiger partial charge on any atom is -0.326 e. The van der Waals surface area contributed by atoms with E-state index in [-0.39, 0.29) is 23.1 Å². The van der Waals surface area contributed by atoms with Crippen LogP contribution in [0.1, 0.15) is 51.2 Å². The van der Waals surface area contributed by atoms with Crippen molar-refractivity contribution in [2.45, 2.75) is 58.9 Å². The van der Waals surface area contributed by atoms with Gasteiger partial charge >= 0.3 is 0 Å². The first kappa shape index (κ1) is 23.5. The molecule has 1 fully saturated rings. The van der Waals surface area contributed by atoms with Crippen molar-refractivity contribution in [3.63, 3.8) is 0 Å². The van der Waals surface area contributed by atoms with Crippen LogP contribution in [-0.4, -0.2) is 41.1 Å². The highest BCUT2D eigenvalue weighted by atomic mass is 16.5. The highest BCUT2D eigenvalue weighted by molar-refractivity contribution is 5.95. The largest absolute Gasteiger partial charge is 0.326 e. The molecule has 0 radical (unpaired) electrons. The summed E-state index contributed by atoms with van der Waals surface area (Å²) in [4.78, 5) is 27.3. The monoisotopic (exact) mass is 449 g/mol. The van der Waals surface area contributed by atoms with Crippen molar-refractivity contribution in [2.24, 2.45) is 11.3 Å². The van der Waals surface area contributed by atoms with Gasteiger partial charge in [0.1, 0.15) is 0 Å². The molecule has 6 heteroatoms. The molecule has 1 atom stereocenters. The van der Waals surface area contributed by atoms with Crippen LogP contribution in [0.5, 0.6) is 0 Å². The SMILES string of the molecule is CC(C)N1CCC(C)(C(=O)Nc2cccc(-c3ccc4c(c3)CCC(C(=O)NO)C4)c2)CC1. The summed E-state index contributed by atoms with van der Waals surface area (Å²) in [5.74, 6) is -0.390. The summed E-state index contributed by atoms with van der Waals surface area (Å²) in [6.45, 7) is 8.41. The number of hydrogen-bond donors (Lipinski definition) is 3. The summed E-state index contributed by atoms with van der Waals surface area (Å²) in [7, 11) is 0. The van der Waals surface area contributed by atoms with Crippen LogP contribution in [0.3, 0.4) is 0 Å². The lowest BCUT2D eigenvalue weighted by molar-refractivity contribution is -0.133. The van der Waals surface area contributed by atoms with Crippen LogP contribution < -0.4 is 10.8 Å². The molecule has 0 spiro atoms. The third-order valence-corrected chi connectivity index (χ3v) is 7.55. The molecule has 1 heterocycles. The van der Waals surface area contributed by atoms with Gasteiger partial charge < -0.3 is 10.2 Å². The highest BCUT2D eigenvalue weighted by Gasteiger charge is 2.37. The van der Waals surface area contributed by atoms with E-state index in [9.17, 15) is 9.59 Å². The van der Waals surface area contributed by atoms with E-state index in [2.05, 4.69) is 55.3 Å². The van der Waals surface area contributed by atoms with Crippen LogP contribution in [0.25, 0.3) is 11.1 Å². The number of hydrogen-bond acceptors (Lipinski definition) is 4. The van der Waals surface area contributed by atoms with Crippen molar-refractivity contribution in [1.29, 1.82) is 0 Å². The molecule has 2 aromatic carbocycles. The predicted octanol–water partition coefficient (Wildman–Crippen LogP) is 4.41. The Morgan fingerprint density at radius 2 is 1.79 bits per heavy atom. The summed E-state index contributed by atoms with van der Waals surface area (Å²) in [5.41, 5.74) is 6.82. The zero-order chi connectivity index (χ0) is 23.6. The Bertz CT molecular complexity index is 1030. The summed E-state index contributed by atoms with van der Waals surface area (Å²) in [6.07, 6.45) is 3.92. The van der Waals surface area contributed by atoms with Crippen molar-refractivity contribution in [3.8, 4) is 11.1 Å². The Kier molecular flexibility index (Phi) is 6.86. The number of fused-ring (bicyclic) bond motifs is 1. The molecule has 0 saturated carbocycles. The van der Waals surface area contributed by atoms with Crippen LogP contribution in [0, 0.1) is 11.3 Å². The first-order chi connectivity index (χ1) is 15.8. The molecule has 0 bridgehead atoms. The Morgan fingerprint density at radius 3 is 2.48 bits per heavy atom. The van der Waals surface area contributed by atoms with Gasteiger partial charge in [0.25, 0.3) is 0 Å². The molecule has 6 nitrogen and oxygen atoms in total. The molecule has 1 aliphatic carbocycles. The summed E-state index contributed by atoms with van der Waals surface area (Å²) in [5, 5.41) is 12.1. The number of carbonyl (C=O) groups excluding carboxylic acids is 2. The topological polar surface area (TPSA) is 81.7 Å². The Hall–Kier alpha value is -2.70. The molecule has 2 amide bonds. The summed E-state index contributed by atoms with van der Waals surface area (Å²) in [6, 6.07) is 14.9. The molecular formula is C27H35N3O3. The number of nitrogens with one attached hydrogen (secondary N) is 2. The van der Waals surface area contributed by atoms with Crippen molar-refractivity contribution in [1.82, 2.24) is 10.4 Å². The van der Waals surface area contributed by atoms with E-state index in [1.54, 1.807) is 5.48 Å². The number of amides is 2. The van der Waals surface area contributed by atoms with Crippen LogP contribution in [0.4, 0.5) is 5.69 Å². The van der Waals surface area contributed by atoms with E-state index in [4.69, 9.17) is 5.21 Å². The van der Waals surface area contributed by atoms with Gasteiger partial charge in [-0.3, -0.25) is 14.8 Å². The number of benzene rings is 2. The molecule has 2 aliphatic rings. The molecule has 33 heavy (non-hydrogen) atoms. The zero-order valence-electron chi connectivity index (χ0n) is 19.9. The number of piperidine rings is 1. The van der Waals surface area contributed by atoms with Gasteiger partial charge in [-0.25, -0.2) is 5.48 Å². The van der Waals surface area contributed by atoms with Crippen LogP contribution in [0.15, 0.2) is 42.5 Å². The average molecular weight is 450 g/mol. The smallest absolute Gasteiger partial charge is 0.246 e. The average Bonchev–Trinajstić information content (AvgIpc) is 2.83. The zero-order valence-corrected chi connectivity index (χ0v) is 19.9. The number of likely N-dealkylation sites (tertiary alicyclic amines) is 1. The van der Waals surface area contributed by atoms with Crippen molar-refractivity contribution in [3.05, 3.63) is 53.6 Å². The fraction of sp³-hybridized carbons (Fsp3) is 0.481. The number of aryl methyl sites for hydroxylation is 1. The summed E-state index contributed by atoms with van der Waals surface area (Å²) >= 11 is 0. The van der Waals surface area contributed by atoms with Gasteiger partial charge in [0, 0.05) is 23.1 Å². The predicted molar refractivity (Wildman–Crippen MR) is 130 cm³/mol. The van der Waals surface area contributed by atoms with Gasteiger partial charge in [-0.2, -0.15) is 0 Å². The third-order valence-electron chi connectivity index (χ3n) is 7.55. The van der Waals surface area contributed by atoms with E-state index in [0.717, 1.165) is 61.2 Å². The van der Waals surface area contributed by atoms with Crippen molar-refractivity contribution < 1.29 is 14.8 Å². The number of rotatable bonds is 5. The van der Waals surface area contributed by atoms with E-state index in [0.29, 0.717) is 12.5 Å². The van der Waals surface area contributed by atoms with Crippen LogP contribution in [-0.2, 0) is 22.4 Å². The number of hydroxylamine groups is 1. The van der Waals surface area contributed by atoms with Crippen LogP contribution in [0.2, 0.25) is 0 Å². The standard InChI is InChI=1S/C27H35N3O3/c1-18(2)30-13-11-27(3,12-14-30)26(32)28-24-6-4-5-19(17-24)20-7-8-22-16-23(25(31)29-33)10-9-21(22)15-20/h4-8,15,17-18,23,33H,9-14,16H2,1-3H3,(H,28,32)(H,29,31). The van der Waals surface area contributed by atoms with E-state index in [1.165, 1.54) is 5.56 Å². The van der Waals surface area contributed by atoms with Crippen molar-refractivity contribution in [2.75, 3.05) is 18.4 Å². The Labute approximate surface area is 196 Å². The van der Waals surface area contributed by atoms with Gasteiger partial charge in [0.15, 0.2) is 0 Å². The fourth-order valence-electron chi connectivity index (χ4n) is 5.07. The third kappa shape index (κ3) is 5.12. The Balaban J connectivity index is 1.45. The van der Waals surface area contributed by atoms with Gasteiger partial charge in [-0.05, 0) is 93.4 Å². The molecule has 2 aromatic rings. The molecule has 0 aromatic heterocycles. The second-order valence-electron chi connectivity index (χ2n) is 10.1. The maximum Gasteiger partial charge on any atom is 0.246 e.